The monoisotopic (exact) mass is 234 g/mol. The van der Waals surface area contributed by atoms with E-state index in [0.29, 0.717) is 0 Å². The maximum absolute atomic E-state index is 5.93. The molecule has 0 aliphatic heterocycles. The van der Waals surface area contributed by atoms with E-state index in [-0.39, 0.29) is 0 Å². The third kappa shape index (κ3) is 1.59. The third-order valence-electron chi connectivity index (χ3n) is 1.86. The van der Waals surface area contributed by atoms with Crippen LogP contribution in [0.15, 0.2) is 10.7 Å². The topological polar surface area (TPSA) is 17.8 Å². The van der Waals surface area contributed by atoms with Crippen LogP contribution in [0.2, 0.25) is 5.15 Å². The molecule has 0 N–H and O–H groups in total. The Labute approximate surface area is 78.7 Å². The van der Waals surface area contributed by atoms with Crippen LogP contribution in [0.3, 0.4) is 0 Å². The zero-order valence-corrected chi connectivity index (χ0v) is 8.27. The number of halogens is 2. The molecule has 0 bridgehead atoms. The van der Waals surface area contributed by atoms with Crippen LogP contribution >= 0.6 is 27.5 Å². The minimum Gasteiger partial charge on any atom is -0.253 e. The molecule has 1 aromatic rings. The fourth-order valence-corrected chi connectivity index (χ4v) is 1.48. The first kappa shape index (κ1) is 7.62. The van der Waals surface area contributed by atoms with E-state index in [0.717, 1.165) is 22.1 Å². The molecule has 0 saturated heterocycles. The zero-order chi connectivity index (χ0) is 7.84. The fraction of sp³-hybridized carbons (Fsp3) is 0.571. The molecule has 11 heavy (non-hydrogen) atoms. The third-order valence-corrected chi connectivity index (χ3v) is 3.07. The van der Waals surface area contributed by atoms with Gasteiger partial charge in [0, 0.05) is 6.54 Å². The van der Waals surface area contributed by atoms with Crippen LogP contribution in [0.5, 0.6) is 0 Å². The van der Waals surface area contributed by atoms with Crippen molar-refractivity contribution in [3.63, 3.8) is 0 Å². The fourth-order valence-electron chi connectivity index (χ4n) is 1.02. The first-order valence-corrected chi connectivity index (χ1v) is 4.81. The second-order valence-corrected chi connectivity index (χ2v) is 4.12. The summed E-state index contributed by atoms with van der Waals surface area (Å²) in [5.41, 5.74) is 0. The molecule has 1 saturated carbocycles. The second kappa shape index (κ2) is 2.79. The molecular formula is C7H8BrClN2. The lowest BCUT2D eigenvalue weighted by Gasteiger charge is -1.99. The van der Waals surface area contributed by atoms with Crippen LogP contribution in [0, 0.1) is 5.92 Å². The van der Waals surface area contributed by atoms with Crippen molar-refractivity contribution in [1.29, 1.82) is 0 Å². The van der Waals surface area contributed by atoms with E-state index in [1.165, 1.54) is 12.8 Å². The molecule has 2 rings (SSSR count). The second-order valence-electron chi connectivity index (χ2n) is 2.91. The largest absolute Gasteiger partial charge is 0.253 e. The van der Waals surface area contributed by atoms with Crippen LogP contribution in [0.25, 0.3) is 0 Å². The Morgan fingerprint density at radius 3 is 2.91 bits per heavy atom. The van der Waals surface area contributed by atoms with E-state index in [2.05, 4.69) is 21.0 Å². The number of hydrogen-bond donors (Lipinski definition) is 0. The van der Waals surface area contributed by atoms with Crippen molar-refractivity contribution < 1.29 is 0 Å². The number of rotatable bonds is 2. The van der Waals surface area contributed by atoms with Gasteiger partial charge in [-0.25, -0.2) is 0 Å². The minimum atomic E-state index is 0.719. The van der Waals surface area contributed by atoms with Gasteiger partial charge in [0.1, 0.15) is 5.15 Å². The van der Waals surface area contributed by atoms with Crippen molar-refractivity contribution in [2.75, 3.05) is 0 Å². The minimum absolute atomic E-state index is 0.719. The van der Waals surface area contributed by atoms with Gasteiger partial charge < -0.3 is 0 Å². The summed E-state index contributed by atoms with van der Waals surface area (Å²) < 4.78 is 2.74. The first-order chi connectivity index (χ1) is 5.27. The van der Waals surface area contributed by atoms with Gasteiger partial charge in [0.05, 0.1) is 10.7 Å². The first-order valence-electron chi connectivity index (χ1n) is 3.64. The molecule has 0 unspecified atom stereocenters. The van der Waals surface area contributed by atoms with Gasteiger partial charge in [0.25, 0.3) is 0 Å². The van der Waals surface area contributed by atoms with Crippen LogP contribution in [0.1, 0.15) is 12.8 Å². The Morgan fingerprint density at radius 1 is 1.73 bits per heavy atom. The molecule has 1 fully saturated rings. The summed E-state index contributed by atoms with van der Waals surface area (Å²) in [6.07, 6.45) is 4.40. The van der Waals surface area contributed by atoms with Crippen LogP contribution in [0.4, 0.5) is 0 Å². The lowest BCUT2D eigenvalue weighted by atomic mass is 10.4. The Balaban J connectivity index is 2.15. The Morgan fingerprint density at radius 2 is 2.45 bits per heavy atom. The van der Waals surface area contributed by atoms with Crippen molar-refractivity contribution in [3.8, 4) is 0 Å². The van der Waals surface area contributed by atoms with E-state index < -0.39 is 0 Å². The van der Waals surface area contributed by atoms with Gasteiger partial charge in [-0.3, -0.25) is 4.68 Å². The Bertz CT molecular complexity index is 267. The van der Waals surface area contributed by atoms with Crippen LogP contribution in [-0.2, 0) is 6.54 Å². The van der Waals surface area contributed by atoms with E-state index >= 15 is 0 Å². The SMILES string of the molecule is Clc1c(Br)cnn1CC1CC1. The highest BCUT2D eigenvalue weighted by atomic mass is 79.9. The smallest absolute Gasteiger partial charge is 0.141 e. The van der Waals surface area contributed by atoms with Gasteiger partial charge in [-0.1, -0.05) is 11.6 Å². The highest BCUT2D eigenvalue weighted by molar-refractivity contribution is 9.10. The predicted molar refractivity (Wildman–Crippen MR) is 47.7 cm³/mol. The highest BCUT2D eigenvalue weighted by Crippen LogP contribution is 2.32. The van der Waals surface area contributed by atoms with Gasteiger partial charge in [-0.2, -0.15) is 5.10 Å². The summed E-state index contributed by atoms with van der Waals surface area (Å²) in [6.45, 7) is 0.977. The summed E-state index contributed by atoms with van der Waals surface area (Å²) >= 11 is 9.25. The molecule has 2 nitrogen and oxygen atoms in total. The quantitative estimate of drug-likeness (QED) is 0.771. The van der Waals surface area contributed by atoms with Gasteiger partial charge in [0.15, 0.2) is 0 Å². The summed E-state index contributed by atoms with van der Waals surface area (Å²) in [7, 11) is 0. The van der Waals surface area contributed by atoms with Crippen molar-refractivity contribution in [3.05, 3.63) is 15.8 Å². The summed E-state index contributed by atoms with van der Waals surface area (Å²) in [5, 5.41) is 4.85. The van der Waals surface area contributed by atoms with E-state index in [1.807, 2.05) is 4.68 Å². The van der Waals surface area contributed by atoms with Crippen LogP contribution in [-0.4, -0.2) is 9.78 Å². The number of nitrogens with zero attached hydrogens (tertiary/aromatic N) is 2. The highest BCUT2D eigenvalue weighted by Gasteiger charge is 2.23. The average molecular weight is 236 g/mol. The average Bonchev–Trinajstić information content (AvgIpc) is 2.74. The lowest BCUT2D eigenvalue weighted by Crippen LogP contribution is -2.01. The van der Waals surface area contributed by atoms with Gasteiger partial charge in [-0.15, -0.1) is 0 Å². The Kier molecular flexibility index (Phi) is 1.93. The van der Waals surface area contributed by atoms with E-state index in [1.54, 1.807) is 6.20 Å². The molecule has 0 aromatic carbocycles. The van der Waals surface area contributed by atoms with Crippen molar-refractivity contribution in [2.24, 2.45) is 5.92 Å². The van der Waals surface area contributed by atoms with Gasteiger partial charge in [0.2, 0.25) is 0 Å². The molecule has 0 spiro atoms. The maximum atomic E-state index is 5.93. The van der Waals surface area contributed by atoms with Crippen molar-refractivity contribution >= 4 is 27.5 Å². The van der Waals surface area contributed by atoms with Crippen molar-refractivity contribution in [1.82, 2.24) is 9.78 Å². The molecular weight excluding hydrogens is 227 g/mol. The Hall–Kier alpha value is -0.0200. The molecule has 0 amide bonds. The maximum Gasteiger partial charge on any atom is 0.141 e. The summed E-state index contributed by atoms with van der Waals surface area (Å²) in [6, 6.07) is 0. The lowest BCUT2D eigenvalue weighted by molar-refractivity contribution is 0.564. The van der Waals surface area contributed by atoms with E-state index in [9.17, 15) is 0 Å². The normalized spacial score (nSPS) is 17.3. The summed E-state index contributed by atoms with van der Waals surface area (Å²) in [4.78, 5) is 0. The molecule has 1 aliphatic rings. The molecule has 1 heterocycles. The molecule has 0 radical (unpaired) electrons. The van der Waals surface area contributed by atoms with Gasteiger partial charge >= 0.3 is 0 Å². The molecule has 0 atom stereocenters. The molecule has 4 heteroatoms. The molecule has 1 aromatic heterocycles. The van der Waals surface area contributed by atoms with Crippen molar-refractivity contribution in [2.45, 2.75) is 19.4 Å². The standard InChI is InChI=1S/C7H8BrClN2/c8-6-3-10-11(7(6)9)4-5-1-2-5/h3,5H,1-2,4H2. The van der Waals surface area contributed by atoms with E-state index in [4.69, 9.17) is 11.6 Å². The summed E-state index contributed by atoms with van der Waals surface area (Å²) in [5.74, 6) is 0.819. The predicted octanol–water partition coefficient (Wildman–Crippen LogP) is 2.71. The zero-order valence-electron chi connectivity index (χ0n) is 5.93. The molecule has 60 valence electrons. The number of aromatic nitrogens is 2. The van der Waals surface area contributed by atoms with Crippen LogP contribution < -0.4 is 0 Å². The van der Waals surface area contributed by atoms with Gasteiger partial charge in [-0.05, 0) is 34.7 Å². The number of hydrogen-bond acceptors (Lipinski definition) is 1. The molecule has 1 aliphatic carbocycles.